The van der Waals surface area contributed by atoms with Crippen LogP contribution in [0.1, 0.15) is 0 Å². The van der Waals surface area contributed by atoms with E-state index in [1.807, 2.05) is 24.3 Å². The molecule has 2 aromatic heterocycles. The Balaban J connectivity index is 1.69. The van der Waals surface area contributed by atoms with Gasteiger partial charge >= 0.3 is 0 Å². The van der Waals surface area contributed by atoms with Gasteiger partial charge in [0.05, 0.1) is 12.4 Å². The Labute approximate surface area is 112 Å². The summed E-state index contributed by atoms with van der Waals surface area (Å²) < 4.78 is 10.3. The summed E-state index contributed by atoms with van der Waals surface area (Å²) in [6.45, 7) is 0. The lowest BCUT2D eigenvalue weighted by Crippen LogP contribution is -1.75. The molecular weight excluding hydrogens is 268 g/mol. The van der Waals surface area contributed by atoms with Crippen LogP contribution in [-0.4, -0.2) is 9.97 Å². The zero-order valence-corrected chi connectivity index (χ0v) is 10.8. The Bertz CT molecular complexity index is 536. The fraction of sp³-hybridized carbons (Fsp3) is 0. The van der Waals surface area contributed by atoms with E-state index in [9.17, 15) is 0 Å². The Kier molecular flexibility index (Phi) is 3.38. The highest BCUT2D eigenvalue weighted by molar-refractivity contribution is 7.99. The third kappa shape index (κ3) is 2.77. The third-order valence-electron chi connectivity index (χ3n) is 2.05. The van der Waals surface area contributed by atoms with Gasteiger partial charge in [0.15, 0.2) is 0 Å². The minimum atomic E-state index is 0.642. The molecule has 0 atom stereocenters. The number of oxazole rings is 2. The largest absolute Gasteiger partial charge is 0.440 e. The molecule has 2 heterocycles. The summed E-state index contributed by atoms with van der Waals surface area (Å²) in [7, 11) is 0. The number of benzene rings is 1. The molecular formula is C12H8N2O2S2. The maximum atomic E-state index is 5.17. The molecule has 0 radical (unpaired) electrons. The van der Waals surface area contributed by atoms with Crippen molar-refractivity contribution in [2.45, 2.75) is 20.2 Å². The average molecular weight is 276 g/mol. The van der Waals surface area contributed by atoms with Gasteiger partial charge < -0.3 is 8.83 Å². The first kappa shape index (κ1) is 11.4. The molecule has 0 aliphatic heterocycles. The van der Waals surface area contributed by atoms with Gasteiger partial charge in [-0.05, 0) is 47.8 Å². The molecule has 0 fully saturated rings. The van der Waals surface area contributed by atoms with E-state index in [2.05, 4.69) is 9.97 Å². The van der Waals surface area contributed by atoms with Crippen LogP contribution in [0.4, 0.5) is 0 Å². The van der Waals surface area contributed by atoms with Gasteiger partial charge in [0.25, 0.3) is 10.4 Å². The maximum absolute atomic E-state index is 5.17. The summed E-state index contributed by atoms with van der Waals surface area (Å²) in [5.74, 6) is 0. The second-order valence-corrected chi connectivity index (χ2v) is 5.32. The zero-order valence-electron chi connectivity index (χ0n) is 9.15. The average Bonchev–Trinajstić information content (AvgIpc) is 3.05. The van der Waals surface area contributed by atoms with E-state index in [4.69, 9.17) is 8.83 Å². The first-order chi connectivity index (χ1) is 8.90. The second-order valence-electron chi connectivity index (χ2n) is 3.27. The monoisotopic (exact) mass is 276 g/mol. The predicted molar refractivity (Wildman–Crippen MR) is 67.7 cm³/mol. The molecule has 6 heteroatoms. The molecule has 4 nitrogen and oxygen atoms in total. The normalized spacial score (nSPS) is 10.7. The second kappa shape index (κ2) is 5.32. The van der Waals surface area contributed by atoms with Crippen LogP contribution in [0.5, 0.6) is 0 Å². The third-order valence-corrected chi connectivity index (χ3v) is 3.82. The smallest absolute Gasteiger partial charge is 0.260 e. The lowest BCUT2D eigenvalue weighted by atomic mass is 10.4. The van der Waals surface area contributed by atoms with Crippen molar-refractivity contribution in [1.29, 1.82) is 0 Å². The number of nitrogens with zero attached hydrogens (tertiary/aromatic N) is 2. The van der Waals surface area contributed by atoms with Crippen LogP contribution in [0.3, 0.4) is 0 Å². The molecule has 90 valence electrons. The molecule has 0 saturated heterocycles. The summed E-state index contributed by atoms with van der Waals surface area (Å²) in [5, 5.41) is 1.28. The van der Waals surface area contributed by atoms with E-state index in [1.54, 1.807) is 24.9 Å². The topological polar surface area (TPSA) is 52.1 Å². The molecule has 0 unspecified atom stereocenters. The molecule has 0 bridgehead atoms. The molecule has 0 aliphatic carbocycles. The highest BCUT2D eigenvalue weighted by atomic mass is 32.2. The van der Waals surface area contributed by atoms with E-state index in [0.717, 1.165) is 9.79 Å². The van der Waals surface area contributed by atoms with E-state index >= 15 is 0 Å². The van der Waals surface area contributed by atoms with Crippen molar-refractivity contribution in [2.24, 2.45) is 0 Å². The van der Waals surface area contributed by atoms with Crippen LogP contribution >= 0.6 is 23.5 Å². The van der Waals surface area contributed by atoms with E-state index < -0.39 is 0 Å². The Morgan fingerprint density at radius 2 is 1.17 bits per heavy atom. The number of aromatic nitrogens is 2. The van der Waals surface area contributed by atoms with Gasteiger partial charge in [0.2, 0.25) is 0 Å². The fourth-order valence-corrected chi connectivity index (χ4v) is 2.68. The molecule has 3 rings (SSSR count). The molecule has 3 aromatic rings. The summed E-state index contributed by atoms with van der Waals surface area (Å²) >= 11 is 2.97. The fourth-order valence-electron chi connectivity index (χ4n) is 1.30. The highest BCUT2D eigenvalue weighted by Crippen LogP contribution is 2.30. The predicted octanol–water partition coefficient (Wildman–Crippen LogP) is 3.97. The van der Waals surface area contributed by atoms with Gasteiger partial charge in [-0.3, -0.25) is 0 Å². The molecule has 0 amide bonds. The van der Waals surface area contributed by atoms with Crippen molar-refractivity contribution in [1.82, 2.24) is 9.97 Å². The SMILES string of the molecule is c1coc(Sc2ccc(Sc3ncco3)cc2)n1. The van der Waals surface area contributed by atoms with Gasteiger partial charge in [0.1, 0.15) is 12.5 Å². The lowest BCUT2D eigenvalue weighted by Gasteiger charge is -1.99. The van der Waals surface area contributed by atoms with Gasteiger partial charge in [-0.15, -0.1) is 0 Å². The van der Waals surface area contributed by atoms with Gasteiger partial charge in [0, 0.05) is 9.79 Å². The zero-order chi connectivity index (χ0) is 12.2. The minimum Gasteiger partial charge on any atom is -0.440 e. The van der Waals surface area contributed by atoms with Crippen molar-refractivity contribution < 1.29 is 8.83 Å². The number of hydrogen-bond donors (Lipinski definition) is 0. The van der Waals surface area contributed by atoms with E-state index in [0.29, 0.717) is 10.4 Å². The molecule has 0 N–H and O–H groups in total. The van der Waals surface area contributed by atoms with Gasteiger partial charge in [-0.1, -0.05) is 0 Å². The van der Waals surface area contributed by atoms with Crippen LogP contribution in [0.15, 0.2) is 78.3 Å². The van der Waals surface area contributed by atoms with Crippen LogP contribution in [0.25, 0.3) is 0 Å². The summed E-state index contributed by atoms with van der Waals surface area (Å²) in [4.78, 5) is 10.3. The first-order valence-corrected chi connectivity index (χ1v) is 6.78. The van der Waals surface area contributed by atoms with Gasteiger partial charge in [-0.25, -0.2) is 9.97 Å². The Morgan fingerprint density at radius 1 is 0.722 bits per heavy atom. The highest BCUT2D eigenvalue weighted by Gasteiger charge is 2.04. The van der Waals surface area contributed by atoms with Crippen molar-refractivity contribution in [3.05, 3.63) is 49.2 Å². The molecule has 0 saturated carbocycles. The standard InChI is InChI=1S/C12H8N2O2S2/c1-2-10(18-12-14-6-8-16-12)4-3-9(1)17-11-13-5-7-15-11/h1-8H. The lowest BCUT2D eigenvalue weighted by molar-refractivity contribution is 0.454. The quantitative estimate of drug-likeness (QED) is 0.718. The maximum Gasteiger partial charge on any atom is 0.260 e. The minimum absolute atomic E-state index is 0.642. The molecule has 18 heavy (non-hydrogen) atoms. The Morgan fingerprint density at radius 3 is 1.50 bits per heavy atom. The van der Waals surface area contributed by atoms with Crippen LogP contribution in [0.2, 0.25) is 0 Å². The van der Waals surface area contributed by atoms with Crippen molar-refractivity contribution in [2.75, 3.05) is 0 Å². The number of rotatable bonds is 4. The van der Waals surface area contributed by atoms with Crippen LogP contribution < -0.4 is 0 Å². The summed E-state index contributed by atoms with van der Waals surface area (Å²) in [6, 6.07) is 8.06. The molecule has 0 spiro atoms. The van der Waals surface area contributed by atoms with Crippen LogP contribution in [0, 0.1) is 0 Å². The molecule has 1 aromatic carbocycles. The van der Waals surface area contributed by atoms with Gasteiger partial charge in [-0.2, -0.15) is 0 Å². The van der Waals surface area contributed by atoms with Crippen molar-refractivity contribution in [3.63, 3.8) is 0 Å². The summed E-state index contributed by atoms with van der Waals surface area (Å²) in [5.41, 5.74) is 0. The van der Waals surface area contributed by atoms with Crippen LogP contribution in [-0.2, 0) is 0 Å². The first-order valence-electron chi connectivity index (χ1n) is 5.15. The Hall–Kier alpha value is -1.66. The number of hydrogen-bond acceptors (Lipinski definition) is 6. The van der Waals surface area contributed by atoms with Crippen molar-refractivity contribution >= 4 is 23.5 Å². The molecule has 0 aliphatic rings. The van der Waals surface area contributed by atoms with E-state index in [1.165, 1.54) is 23.5 Å². The van der Waals surface area contributed by atoms with E-state index in [-0.39, 0.29) is 0 Å². The summed E-state index contributed by atoms with van der Waals surface area (Å²) in [6.07, 6.45) is 6.40. The van der Waals surface area contributed by atoms with Crippen molar-refractivity contribution in [3.8, 4) is 0 Å².